The summed E-state index contributed by atoms with van der Waals surface area (Å²) in [7, 11) is 0. The highest BCUT2D eigenvalue weighted by molar-refractivity contribution is 5.94. The molecule has 0 saturated heterocycles. The third kappa shape index (κ3) is 2.62. The molecule has 0 fully saturated rings. The number of nitrogens with two attached hydrogens (primary N) is 1. The summed E-state index contributed by atoms with van der Waals surface area (Å²) in [6.45, 7) is 0. The lowest BCUT2D eigenvalue weighted by Gasteiger charge is -2.05. The normalized spacial score (nSPS) is 11.1. The first-order chi connectivity index (χ1) is 13.3. The summed E-state index contributed by atoms with van der Waals surface area (Å²) < 4.78 is 5.79. The molecular weight excluding hydrogens is 340 g/mol. The Morgan fingerprint density at radius 2 is 1.74 bits per heavy atom. The zero-order chi connectivity index (χ0) is 18.2. The monoisotopic (exact) mass is 354 g/mol. The van der Waals surface area contributed by atoms with Crippen molar-refractivity contribution in [3.63, 3.8) is 0 Å². The molecule has 0 aliphatic rings. The van der Waals surface area contributed by atoms with Gasteiger partial charge in [0.15, 0.2) is 11.5 Å². The van der Waals surface area contributed by atoms with E-state index in [1.54, 1.807) is 6.20 Å². The highest BCUT2D eigenvalue weighted by Crippen LogP contribution is 2.30. The smallest absolute Gasteiger partial charge is 0.270 e. The van der Waals surface area contributed by atoms with Crippen LogP contribution in [0.1, 0.15) is 0 Å². The van der Waals surface area contributed by atoms with Crippen molar-refractivity contribution < 1.29 is 4.42 Å². The average molecular weight is 354 g/mol. The summed E-state index contributed by atoms with van der Waals surface area (Å²) >= 11 is 0. The van der Waals surface area contributed by atoms with Gasteiger partial charge in [-0.25, -0.2) is 9.97 Å². The van der Waals surface area contributed by atoms with E-state index in [-0.39, 0.29) is 11.7 Å². The fourth-order valence-corrected chi connectivity index (χ4v) is 3.01. The molecule has 0 spiro atoms. The number of rotatable bonds is 3. The average Bonchev–Trinajstić information content (AvgIpc) is 3.38. The highest BCUT2D eigenvalue weighted by atomic mass is 16.4. The minimum atomic E-state index is 0.238. The second-order valence-corrected chi connectivity index (χ2v) is 6.01. The van der Waals surface area contributed by atoms with Crippen molar-refractivity contribution in [3.05, 3.63) is 67.0 Å². The minimum absolute atomic E-state index is 0.238. The summed E-state index contributed by atoms with van der Waals surface area (Å²) in [6, 6.07) is 17.5. The zero-order valence-electron chi connectivity index (χ0n) is 14.1. The van der Waals surface area contributed by atoms with Crippen LogP contribution in [0.15, 0.2) is 71.4 Å². The largest absolute Gasteiger partial charge is 0.414 e. The van der Waals surface area contributed by atoms with Crippen LogP contribution in [0.3, 0.4) is 0 Å². The number of H-pyrrole nitrogens is 1. The number of hydrogen-bond acceptors (Lipinski definition) is 6. The molecule has 2 aromatic carbocycles. The fraction of sp³-hybridized carbons (Fsp3) is 0. The summed E-state index contributed by atoms with van der Waals surface area (Å²) in [4.78, 5) is 12.1. The van der Waals surface area contributed by atoms with E-state index in [0.29, 0.717) is 17.3 Å². The van der Waals surface area contributed by atoms with Gasteiger partial charge in [-0.05, 0) is 24.3 Å². The SMILES string of the molecule is Nc1ncc(-c2cccc3[nH]ccc23)nc1-c1nnc(-c2ccccc2)o1. The Morgan fingerprint density at radius 3 is 2.63 bits per heavy atom. The van der Waals surface area contributed by atoms with Gasteiger partial charge in [0.05, 0.1) is 11.9 Å². The first-order valence-electron chi connectivity index (χ1n) is 8.38. The lowest BCUT2D eigenvalue weighted by atomic mass is 10.1. The maximum Gasteiger partial charge on any atom is 0.270 e. The summed E-state index contributed by atoms with van der Waals surface area (Å²) in [5.74, 6) is 0.884. The number of anilines is 1. The maximum absolute atomic E-state index is 6.03. The van der Waals surface area contributed by atoms with Crippen molar-refractivity contribution in [2.24, 2.45) is 0 Å². The molecule has 0 atom stereocenters. The summed E-state index contributed by atoms with van der Waals surface area (Å²) in [6.07, 6.45) is 3.54. The molecule has 5 aromatic rings. The molecule has 7 nitrogen and oxygen atoms in total. The van der Waals surface area contributed by atoms with Crippen molar-refractivity contribution in [2.45, 2.75) is 0 Å². The van der Waals surface area contributed by atoms with E-state index in [1.807, 2.05) is 60.8 Å². The molecule has 7 heteroatoms. The maximum atomic E-state index is 6.03. The lowest BCUT2D eigenvalue weighted by Crippen LogP contribution is -1.99. The molecule has 0 unspecified atom stereocenters. The van der Waals surface area contributed by atoms with E-state index in [2.05, 4.69) is 25.1 Å². The molecule has 0 amide bonds. The van der Waals surface area contributed by atoms with Gasteiger partial charge >= 0.3 is 0 Å². The van der Waals surface area contributed by atoms with Crippen LogP contribution in [-0.2, 0) is 0 Å². The zero-order valence-corrected chi connectivity index (χ0v) is 14.1. The predicted molar refractivity (Wildman–Crippen MR) is 102 cm³/mol. The Morgan fingerprint density at radius 1 is 0.889 bits per heavy atom. The molecule has 27 heavy (non-hydrogen) atoms. The van der Waals surface area contributed by atoms with E-state index in [4.69, 9.17) is 10.2 Å². The number of aromatic amines is 1. The Balaban J connectivity index is 1.61. The van der Waals surface area contributed by atoms with Crippen molar-refractivity contribution in [1.82, 2.24) is 25.1 Å². The van der Waals surface area contributed by atoms with Crippen molar-refractivity contribution >= 4 is 16.7 Å². The van der Waals surface area contributed by atoms with Crippen molar-refractivity contribution in [1.29, 1.82) is 0 Å². The van der Waals surface area contributed by atoms with E-state index in [1.165, 1.54) is 0 Å². The fourth-order valence-electron chi connectivity index (χ4n) is 3.01. The van der Waals surface area contributed by atoms with Gasteiger partial charge in [-0.2, -0.15) is 0 Å². The molecule has 0 saturated carbocycles. The molecule has 0 aliphatic heterocycles. The Kier molecular flexibility index (Phi) is 3.43. The third-order valence-corrected chi connectivity index (χ3v) is 4.32. The Bertz CT molecular complexity index is 1240. The number of fused-ring (bicyclic) bond motifs is 1. The number of nitrogens with zero attached hydrogens (tertiary/aromatic N) is 4. The van der Waals surface area contributed by atoms with E-state index in [9.17, 15) is 0 Å². The lowest BCUT2D eigenvalue weighted by molar-refractivity contribution is 0.582. The predicted octanol–water partition coefficient (Wildman–Crippen LogP) is 3.92. The Labute approximate surface area is 153 Å². The minimum Gasteiger partial charge on any atom is -0.414 e. The third-order valence-electron chi connectivity index (χ3n) is 4.32. The van der Waals surface area contributed by atoms with E-state index in [0.717, 1.165) is 22.0 Å². The van der Waals surface area contributed by atoms with Crippen LogP contribution >= 0.6 is 0 Å². The second-order valence-electron chi connectivity index (χ2n) is 6.01. The molecule has 3 aromatic heterocycles. The van der Waals surface area contributed by atoms with Crippen molar-refractivity contribution in [2.75, 3.05) is 5.73 Å². The van der Waals surface area contributed by atoms with Crippen molar-refractivity contribution in [3.8, 4) is 34.3 Å². The van der Waals surface area contributed by atoms with Gasteiger partial charge in [-0.15, -0.1) is 10.2 Å². The first-order valence-corrected chi connectivity index (χ1v) is 8.38. The number of benzene rings is 2. The van der Waals surface area contributed by atoms with Crippen LogP contribution in [-0.4, -0.2) is 25.1 Å². The molecule has 3 heterocycles. The van der Waals surface area contributed by atoms with Crippen LogP contribution < -0.4 is 5.73 Å². The standard InChI is InChI=1S/C20H14N6O/c21-18-17(20-26-25-19(27-20)12-5-2-1-3-6-12)24-16(11-23-18)13-7-4-8-15-14(13)9-10-22-15/h1-11,22H,(H2,21,23). The van der Waals surface area contributed by atoms with Gasteiger partial charge < -0.3 is 15.1 Å². The topological polar surface area (TPSA) is 107 Å². The second kappa shape index (κ2) is 6.06. The van der Waals surface area contributed by atoms with Gasteiger partial charge in [-0.1, -0.05) is 30.3 Å². The summed E-state index contributed by atoms with van der Waals surface area (Å²) in [5, 5.41) is 9.26. The van der Waals surface area contributed by atoms with Crippen LogP contribution in [0.4, 0.5) is 5.82 Å². The Hall–Kier alpha value is -4.00. The van der Waals surface area contributed by atoms with Crippen LogP contribution in [0.25, 0.3) is 45.2 Å². The molecule has 5 rings (SSSR count). The number of nitrogen functional groups attached to an aromatic ring is 1. The van der Waals surface area contributed by atoms with Gasteiger partial charge in [0.25, 0.3) is 5.89 Å². The summed E-state index contributed by atoms with van der Waals surface area (Å²) in [5.41, 5.74) is 9.89. The van der Waals surface area contributed by atoms with Gasteiger partial charge in [-0.3, -0.25) is 0 Å². The number of nitrogens with one attached hydrogen (secondary N) is 1. The molecule has 3 N–H and O–H groups in total. The molecular formula is C20H14N6O. The van der Waals surface area contributed by atoms with E-state index < -0.39 is 0 Å². The number of aromatic nitrogens is 5. The molecule has 0 bridgehead atoms. The number of hydrogen-bond donors (Lipinski definition) is 2. The molecule has 0 aliphatic carbocycles. The van der Waals surface area contributed by atoms with Crippen LogP contribution in [0.2, 0.25) is 0 Å². The van der Waals surface area contributed by atoms with Gasteiger partial charge in [0, 0.05) is 28.2 Å². The van der Waals surface area contributed by atoms with Crippen LogP contribution in [0.5, 0.6) is 0 Å². The molecule has 130 valence electrons. The molecule has 0 radical (unpaired) electrons. The van der Waals surface area contributed by atoms with Gasteiger partial charge in [0.1, 0.15) is 0 Å². The first kappa shape index (κ1) is 15.3. The van der Waals surface area contributed by atoms with E-state index >= 15 is 0 Å². The van der Waals surface area contributed by atoms with Crippen LogP contribution in [0, 0.1) is 0 Å². The highest BCUT2D eigenvalue weighted by Gasteiger charge is 2.17. The van der Waals surface area contributed by atoms with Gasteiger partial charge in [0.2, 0.25) is 5.89 Å². The quantitative estimate of drug-likeness (QED) is 0.508.